The van der Waals surface area contributed by atoms with Gasteiger partial charge < -0.3 is 25.0 Å². The summed E-state index contributed by atoms with van der Waals surface area (Å²) in [6.45, 7) is 6.31. The fourth-order valence-electron chi connectivity index (χ4n) is 3.53. The van der Waals surface area contributed by atoms with Gasteiger partial charge in [-0.3, -0.25) is 4.79 Å². The van der Waals surface area contributed by atoms with Gasteiger partial charge in [0.25, 0.3) is 5.91 Å². The minimum atomic E-state index is -0.0542. The predicted molar refractivity (Wildman–Crippen MR) is 119 cm³/mol. The second-order valence-corrected chi connectivity index (χ2v) is 8.21. The standard InChI is InChI=1S/C23H36N4O3/c1-3-24-23(27(2)12-9-18-10-13-29-14-11-18)25-16-19-5-4-6-21(15-19)30-17-22(28)26-20-7-8-20/h4-6,15,18,20H,3,7-14,16-17H2,1-2H3,(H,24,25)(H,26,28). The SMILES string of the molecule is CCNC(=NCc1cccc(OCC(=O)NC2CC2)c1)N(C)CCC1CCOCC1. The van der Waals surface area contributed by atoms with Crippen molar-refractivity contribution in [2.45, 2.75) is 51.6 Å². The first-order valence-corrected chi connectivity index (χ1v) is 11.2. The number of rotatable bonds is 10. The molecule has 0 aromatic heterocycles. The number of aliphatic imine (C=N–C) groups is 1. The number of nitrogens with zero attached hydrogens (tertiary/aromatic N) is 2. The van der Waals surface area contributed by atoms with Crippen molar-refractivity contribution in [3.63, 3.8) is 0 Å². The maximum atomic E-state index is 11.8. The second-order valence-electron chi connectivity index (χ2n) is 8.21. The van der Waals surface area contributed by atoms with E-state index in [2.05, 4.69) is 29.5 Å². The lowest BCUT2D eigenvalue weighted by Gasteiger charge is -2.26. The second kappa shape index (κ2) is 11.8. The van der Waals surface area contributed by atoms with E-state index in [1.54, 1.807) is 0 Å². The highest BCUT2D eigenvalue weighted by Crippen LogP contribution is 2.19. The van der Waals surface area contributed by atoms with E-state index in [0.29, 0.717) is 18.3 Å². The number of hydrogen-bond acceptors (Lipinski definition) is 4. The van der Waals surface area contributed by atoms with Crippen molar-refractivity contribution in [2.24, 2.45) is 10.9 Å². The van der Waals surface area contributed by atoms with Gasteiger partial charge in [0.1, 0.15) is 5.75 Å². The summed E-state index contributed by atoms with van der Waals surface area (Å²) in [4.78, 5) is 18.8. The first-order chi connectivity index (χ1) is 14.6. The van der Waals surface area contributed by atoms with Crippen LogP contribution in [0.2, 0.25) is 0 Å². The third-order valence-electron chi connectivity index (χ3n) is 5.53. The van der Waals surface area contributed by atoms with E-state index in [-0.39, 0.29) is 12.5 Å². The maximum absolute atomic E-state index is 11.8. The number of carbonyl (C=O) groups excluding carboxylic acids is 1. The van der Waals surface area contributed by atoms with Crippen molar-refractivity contribution >= 4 is 11.9 Å². The van der Waals surface area contributed by atoms with Crippen LogP contribution in [0.25, 0.3) is 0 Å². The smallest absolute Gasteiger partial charge is 0.258 e. The number of guanidine groups is 1. The number of hydrogen-bond donors (Lipinski definition) is 2. The van der Waals surface area contributed by atoms with Gasteiger partial charge in [0, 0.05) is 39.4 Å². The highest BCUT2D eigenvalue weighted by molar-refractivity contribution is 5.79. The van der Waals surface area contributed by atoms with Crippen molar-refractivity contribution in [2.75, 3.05) is 40.0 Å². The molecule has 2 N–H and O–H groups in total. The molecule has 1 aromatic carbocycles. The van der Waals surface area contributed by atoms with Crippen LogP contribution in [0.15, 0.2) is 29.3 Å². The Bertz CT molecular complexity index is 699. The molecule has 0 radical (unpaired) electrons. The van der Waals surface area contributed by atoms with E-state index >= 15 is 0 Å². The monoisotopic (exact) mass is 416 g/mol. The molecule has 30 heavy (non-hydrogen) atoms. The minimum Gasteiger partial charge on any atom is -0.484 e. The molecule has 1 saturated heterocycles. The summed E-state index contributed by atoms with van der Waals surface area (Å²) in [5.41, 5.74) is 1.06. The normalized spacial score (nSPS) is 17.5. The first-order valence-electron chi connectivity index (χ1n) is 11.2. The largest absolute Gasteiger partial charge is 0.484 e. The topological polar surface area (TPSA) is 75.2 Å². The third-order valence-corrected chi connectivity index (χ3v) is 5.53. The Morgan fingerprint density at radius 2 is 2.07 bits per heavy atom. The summed E-state index contributed by atoms with van der Waals surface area (Å²) in [6.07, 6.45) is 5.64. The Morgan fingerprint density at radius 1 is 1.27 bits per heavy atom. The number of amides is 1. The van der Waals surface area contributed by atoms with Gasteiger partial charge in [-0.2, -0.15) is 0 Å². The molecule has 1 aliphatic carbocycles. The summed E-state index contributed by atoms with van der Waals surface area (Å²) < 4.78 is 11.1. The molecule has 0 bridgehead atoms. The molecule has 1 saturated carbocycles. The van der Waals surface area contributed by atoms with Gasteiger partial charge in [-0.05, 0) is 62.6 Å². The quantitative estimate of drug-likeness (QED) is 0.453. The Balaban J connectivity index is 1.49. The molecule has 1 aliphatic heterocycles. The molecular formula is C23H36N4O3. The van der Waals surface area contributed by atoms with Crippen LogP contribution in [-0.2, 0) is 16.1 Å². The fraction of sp³-hybridized carbons (Fsp3) is 0.652. The van der Waals surface area contributed by atoms with Crippen molar-refractivity contribution in [3.05, 3.63) is 29.8 Å². The summed E-state index contributed by atoms with van der Waals surface area (Å²) >= 11 is 0. The highest BCUT2D eigenvalue weighted by atomic mass is 16.5. The van der Waals surface area contributed by atoms with Crippen LogP contribution in [0.4, 0.5) is 0 Å². The third kappa shape index (κ3) is 7.86. The number of nitrogens with one attached hydrogen (secondary N) is 2. The molecule has 1 heterocycles. The lowest BCUT2D eigenvalue weighted by atomic mass is 9.96. The van der Waals surface area contributed by atoms with Crippen molar-refractivity contribution < 1.29 is 14.3 Å². The van der Waals surface area contributed by atoms with Crippen LogP contribution >= 0.6 is 0 Å². The average molecular weight is 417 g/mol. The fourth-order valence-corrected chi connectivity index (χ4v) is 3.53. The van der Waals surface area contributed by atoms with Crippen LogP contribution in [0.5, 0.6) is 5.75 Å². The summed E-state index contributed by atoms with van der Waals surface area (Å²) in [6, 6.07) is 8.17. The molecule has 7 nitrogen and oxygen atoms in total. The van der Waals surface area contributed by atoms with Gasteiger partial charge >= 0.3 is 0 Å². The highest BCUT2D eigenvalue weighted by Gasteiger charge is 2.23. The molecule has 0 atom stereocenters. The van der Waals surface area contributed by atoms with Gasteiger partial charge in [0.2, 0.25) is 0 Å². The van der Waals surface area contributed by atoms with E-state index in [1.807, 2.05) is 24.3 Å². The molecule has 7 heteroatoms. The van der Waals surface area contributed by atoms with Crippen LogP contribution < -0.4 is 15.4 Å². The maximum Gasteiger partial charge on any atom is 0.258 e. The van der Waals surface area contributed by atoms with Crippen LogP contribution in [0, 0.1) is 5.92 Å². The summed E-state index contributed by atoms with van der Waals surface area (Å²) in [5.74, 6) is 2.31. The van der Waals surface area contributed by atoms with E-state index in [9.17, 15) is 4.79 Å². The zero-order valence-electron chi connectivity index (χ0n) is 18.4. The van der Waals surface area contributed by atoms with Gasteiger partial charge in [0.05, 0.1) is 6.54 Å². The molecule has 166 valence electrons. The predicted octanol–water partition coefficient (Wildman–Crippen LogP) is 2.56. The van der Waals surface area contributed by atoms with Gasteiger partial charge in [-0.1, -0.05) is 12.1 Å². The van der Waals surface area contributed by atoms with Crippen molar-refractivity contribution in [1.29, 1.82) is 0 Å². The Morgan fingerprint density at radius 3 is 2.80 bits per heavy atom. The number of carbonyl (C=O) groups is 1. The molecule has 0 unspecified atom stereocenters. The Kier molecular flexibility index (Phi) is 8.81. The number of benzene rings is 1. The average Bonchev–Trinajstić information content (AvgIpc) is 3.58. The summed E-state index contributed by atoms with van der Waals surface area (Å²) in [5, 5.41) is 6.32. The minimum absolute atomic E-state index is 0.0542. The molecule has 2 aliphatic rings. The van der Waals surface area contributed by atoms with Crippen molar-refractivity contribution in [3.8, 4) is 5.75 Å². The van der Waals surface area contributed by atoms with Gasteiger partial charge in [-0.25, -0.2) is 4.99 Å². The lowest BCUT2D eigenvalue weighted by Crippen LogP contribution is -2.40. The molecule has 1 aromatic rings. The van der Waals surface area contributed by atoms with E-state index < -0.39 is 0 Å². The summed E-state index contributed by atoms with van der Waals surface area (Å²) in [7, 11) is 2.10. The van der Waals surface area contributed by atoms with E-state index in [4.69, 9.17) is 14.5 Å². The van der Waals surface area contributed by atoms with Crippen LogP contribution in [-0.4, -0.2) is 62.8 Å². The first kappa shape index (κ1) is 22.4. The van der Waals surface area contributed by atoms with Crippen molar-refractivity contribution in [1.82, 2.24) is 15.5 Å². The Labute approximate surface area is 180 Å². The van der Waals surface area contributed by atoms with E-state index in [0.717, 1.165) is 75.8 Å². The van der Waals surface area contributed by atoms with Gasteiger partial charge in [-0.15, -0.1) is 0 Å². The van der Waals surface area contributed by atoms with Crippen LogP contribution in [0.1, 0.15) is 44.6 Å². The zero-order chi connectivity index (χ0) is 21.2. The molecule has 0 spiro atoms. The molecular weight excluding hydrogens is 380 g/mol. The molecule has 3 rings (SSSR count). The zero-order valence-corrected chi connectivity index (χ0v) is 18.4. The molecule has 2 fully saturated rings. The van der Waals surface area contributed by atoms with E-state index in [1.165, 1.54) is 0 Å². The van der Waals surface area contributed by atoms with Gasteiger partial charge in [0.15, 0.2) is 12.6 Å². The molecule has 1 amide bonds. The Hall–Kier alpha value is -2.28. The lowest BCUT2D eigenvalue weighted by molar-refractivity contribution is -0.123. The number of ether oxygens (including phenoxy) is 2. The van der Waals surface area contributed by atoms with Crippen LogP contribution in [0.3, 0.4) is 0 Å².